The van der Waals surface area contributed by atoms with E-state index in [2.05, 4.69) is 0 Å². The van der Waals surface area contributed by atoms with Gasteiger partial charge in [-0.1, -0.05) is 17.7 Å². The van der Waals surface area contributed by atoms with Crippen LogP contribution in [0.5, 0.6) is 0 Å². The Bertz CT molecular complexity index is 1170. The Morgan fingerprint density at radius 1 is 1.13 bits per heavy atom. The second-order valence-electron chi connectivity index (χ2n) is 7.57. The van der Waals surface area contributed by atoms with E-state index < -0.39 is 23.5 Å². The first-order chi connectivity index (χ1) is 14.7. The summed E-state index contributed by atoms with van der Waals surface area (Å²) in [5.41, 5.74) is 1.61. The molecule has 0 radical (unpaired) electrons. The second kappa shape index (κ2) is 8.04. The molecule has 3 aromatic rings. The van der Waals surface area contributed by atoms with Gasteiger partial charge in [0, 0.05) is 23.3 Å². The van der Waals surface area contributed by atoms with Crippen LogP contribution in [0.3, 0.4) is 0 Å². The fraction of sp³-hybridized carbons (Fsp3) is 0.261. The first kappa shape index (κ1) is 21.4. The van der Waals surface area contributed by atoms with E-state index in [9.17, 15) is 22.4 Å². The van der Waals surface area contributed by atoms with Crippen molar-refractivity contribution in [3.63, 3.8) is 0 Å². The van der Waals surface area contributed by atoms with Crippen LogP contribution < -0.4 is 0 Å². The molecular weight excluding hydrogens is 434 g/mol. The van der Waals surface area contributed by atoms with Gasteiger partial charge in [0.1, 0.15) is 5.82 Å². The molecule has 0 amide bonds. The fourth-order valence-electron chi connectivity index (χ4n) is 4.21. The Morgan fingerprint density at radius 3 is 2.55 bits per heavy atom. The van der Waals surface area contributed by atoms with Crippen LogP contribution >= 0.6 is 11.6 Å². The predicted octanol–water partition coefficient (Wildman–Crippen LogP) is 6.46. The number of hydrogen-bond donors (Lipinski definition) is 1. The third kappa shape index (κ3) is 4.06. The van der Waals surface area contributed by atoms with Crippen molar-refractivity contribution in [3.8, 4) is 5.69 Å². The van der Waals surface area contributed by atoms with E-state index in [1.54, 1.807) is 10.8 Å². The molecule has 0 atom stereocenters. The molecule has 8 heteroatoms. The van der Waals surface area contributed by atoms with E-state index in [1.165, 1.54) is 24.3 Å². The van der Waals surface area contributed by atoms with Crippen LogP contribution in [-0.2, 0) is 25.4 Å². The molecule has 0 spiro atoms. The molecule has 2 aromatic carbocycles. The summed E-state index contributed by atoms with van der Waals surface area (Å²) in [6, 6.07) is 7.35. The van der Waals surface area contributed by atoms with Gasteiger partial charge in [-0.25, -0.2) is 9.18 Å². The molecule has 31 heavy (non-hydrogen) atoms. The Morgan fingerprint density at radius 2 is 1.87 bits per heavy atom. The number of aromatic carboxylic acids is 1. The summed E-state index contributed by atoms with van der Waals surface area (Å²) in [4.78, 5) is 11.1. The zero-order valence-electron chi connectivity index (χ0n) is 16.3. The molecule has 1 heterocycles. The number of carbonyl (C=O) groups is 1. The highest BCUT2D eigenvalue weighted by Crippen LogP contribution is 2.38. The fourth-order valence-corrected chi connectivity index (χ4v) is 4.45. The van der Waals surface area contributed by atoms with Crippen LogP contribution in [0.2, 0.25) is 5.02 Å². The lowest BCUT2D eigenvalue weighted by atomic mass is 9.91. The Kier molecular flexibility index (Phi) is 5.56. The van der Waals surface area contributed by atoms with E-state index in [0.717, 1.165) is 36.2 Å². The molecule has 0 fully saturated rings. The van der Waals surface area contributed by atoms with E-state index in [4.69, 9.17) is 16.7 Å². The average Bonchev–Trinajstić information content (AvgIpc) is 3.07. The monoisotopic (exact) mass is 451 g/mol. The highest BCUT2D eigenvalue weighted by atomic mass is 35.5. The van der Waals surface area contributed by atoms with Gasteiger partial charge in [-0.05, 0) is 72.7 Å². The third-order valence-electron chi connectivity index (χ3n) is 5.65. The lowest BCUT2D eigenvalue weighted by Crippen LogP contribution is -2.11. The topological polar surface area (TPSA) is 42.2 Å². The van der Waals surface area contributed by atoms with Gasteiger partial charge in [0.25, 0.3) is 0 Å². The molecule has 162 valence electrons. The van der Waals surface area contributed by atoms with E-state index in [-0.39, 0.29) is 28.3 Å². The van der Waals surface area contributed by atoms with Gasteiger partial charge in [-0.2, -0.15) is 13.2 Å². The zero-order valence-corrected chi connectivity index (χ0v) is 17.0. The number of hydrogen-bond acceptors (Lipinski definition) is 1. The summed E-state index contributed by atoms with van der Waals surface area (Å²) in [6.07, 6.45) is 0.186. The van der Waals surface area contributed by atoms with Crippen molar-refractivity contribution in [1.82, 2.24) is 4.57 Å². The van der Waals surface area contributed by atoms with Crippen molar-refractivity contribution in [3.05, 3.63) is 86.9 Å². The lowest BCUT2D eigenvalue weighted by Gasteiger charge is -2.17. The molecule has 4 rings (SSSR count). The first-order valence-corrected chi connectivity index (χ1v) is 10.1. The molecular formula is C23H18ClF4NO2. The van der Waals surface area contributed by atoms with Crippen LogP contribution in [0.4, 0.5) is 17.6 Å². The summed E-state index contributed by atoms with van der Waals surface area (Å²) in [7, 11) is 0. The largest absolute Gasteiger partial charge is 0.478 e. The van der Waals surface area contributed by atoms with Crippen LogP contribution in [0.25, 0.3) is 5.69 Å². The number of rotatable bonds is 4. The van der Waals surface area contributed by atoms with Gasteiger partial charge in [-0.15, -0.1) is 0 Å². The number of fused-ring (bicyclic) bond motifs is 1. The second-order valence-corrected chi connectivity index (χ2v) is 7.98. The van der Waals surface area contributed by atoms with Crippen LogP contribution in [0, 0.1) is 5.82 Å². The number of carboxylic acid groups (broad SMARTS) is 1. The van der Waals surface area contributed by atoms with Gasteiger partial charge >= 0.3 is 12.1 Å². The molecule has 0 saturated carbocycles. The normalized spacial score (nSPS) is 13.8. The lowest BCUT2D eigenvalue weighted by molar-refractivity contribution is -0.138. The Labute approximate surface area is 180 Å². The smallest absolute Gasteiger partial charge is 0.416 e. The number of carboxylic acids is 1. The van der Waals surface area contributed by atoms with Crippen molar-refractivity contribution in [1.29, 1.82) is 0 Å². The van der Waals surface area contributed by atoms with Gasteiger partial charge in [-0.3, -0.25) is 0 Å². The summed E-state index contributed by atoms with van der Waals surface area (Å²) in [6.45, 7) is 0. The number of alkyl halides is 3. The number of halogens is 5. The molecule has 1 aromatic heterocycles. The minimum absolute atomic E-state index is 0.0103. The highest BCUT2D eigenvalue weighted by Gasteiger charge is 2.34. The van der Waals surface area contributed by atoms with Crippen molar-refractivity contribution in [2.24, 2.45) is 0 Å². The van der Waals surface area contributed by atoms with Crippen LogP contribution in [-0.4, -0.2) is 15.6 Å². The average molecular weight is 452 g/mol. The minimum atomic E-state index is -4.54. The summed E-state index contributed by atoms with van der Waals surface area (Å²) in [5, 5.41) is 9.10. The quantitative estimate of drug-likeness (QED) is 0.463. The Balaban J connectivity index is 1.83. The highest BCUT2D eigenvalue weighted by molar-refractivity contribution is 6.31. The summed E-state index contributed by atoms with van der Waals surface area (Å²) >= 11 is 6.14. The molecule has 1 N–H and O–H groups in total. The molecule has 0 aliphatic heterocycles. The van der Waals surface area contributed by atoms with E-state index >= 15 is 0 Å². The van der Waals surface area contributed by atoms with Gasteiger partial charge < -0.3 is 9.67 Å². The first-order valence-electron chi connectivity index (χ1n) is 9.76. The van der Waals surface area contributed by atoms with Crippen molar-refractivity contribution < 1.29 is 27.5 Å². The Hall–Kier alpha value is -2.80. The molecule has 0 unspecified atom stereocenters. The molecule has 1 aliphatic carbocycles. The van der Waals surface area contributed by atoms with E-state index in [0.29, 0.717) is 18.4 Å². The maximum atomic E-state index is 14.7. The standard InChI is InChI=1S/C23H18ClF4NO2/c24-18-6-3-5-17(23(26,27)28)16(18)10-14-12-29(20-7-2-1-4-15(14)20)21-9-8-13(22(30)31)11-19(21)25/h3,5-6,8-9,11-12H,1-2,4,7,10H2,(H,30,31). The number of aromatic nitrogens is 1. The molecule has 0 bridgehead atoms. The van der Waals surface area contributed by atoms with Gasteiger partial charge in [0.15, 0.2) is 0 Å². The maximum absolute atomic E-state index is 14.7. The van der Waals surface area contributed by atoms with Crippen molar-refractivity contribution in [2.75, 3.05) is 0 Å². The summed E-state index contributed by atoms with van der Waals surface area (Å²) < 4.78 is 57.0. The van der Waals surface area contributed by atoms with Crippen molar-refractivity contribution >= 4 is 17.6 Å². The van der Waals surface area contributed by atoms with Gasteiger partial charge in [0.05, 0.1) is 16.8 Å². The third-order valence-corrected chi connectivity index (χ3v) is 6.00. The van der Waals surface area contributed by atoms with Gasteiger partial charge in [0.2, 0.25) is 0 Å². The maximum Gasteiger partial charge on any atom is 0.416 e. The predicted molar refractivity (Wildman–Crippen MR) is 109 cm³/mol. The number of benzene rings is 2. The van der Waals surface area contributed by atoms with Crippen LogP contribution in [0.15, 0.2) is 42.6 Å². The molecule has 0 saturated heterocycles. The zero-order chi connectivity index (χ0) is 22.3. The molecule has 1 aliphatic rings. The SMILES string of the molecule is O=C(O)c1ccc(-n2cc(Cc3c(Cl)cccc3C(F)(F)F)c3c2CCCC3)c(F)c1. The van der Waals surface area contributed by atoms with E-state index in [1.807, 2.05) is 0 Å². The minimum Gasteiger partial charge on any atom is -0.478 e. The number of nitrogens with zero attached hydrogens (tertiary/aromatic N) is 1. The van der Waals surface area contributed by atoms with Crippen LogP contribution in [0.1, 0.15) is 51.1 Å². The molecule has 3 nitrogen and oxygen atoms in total. The van der Waals surface area contributed by atoms with Crippen molar-refractivity contribution in [2.45, 2.75) is 38.3 Å². The summed E-state index contributed by atoms with van der Waals surface area (Å²) in [5.74, 6) is -1.94.